The van der Waals surface area contributed by atoms with Gasteiger partial charge >= 0.3 is 0 Å². The summed E-state index contributed by atoms with van der Waals surface area (Å²) in [4.78, 5) is 15.1. The summed E-state index contributed by atoms with van der Waals surface area (Å²) in [5, 5.41) is 0. The third kappa shape index (κ3) is 7.01. The standard InChI is InChI=1S/C29H25NO2.4C2H6/c1-20-8-12-22(13-9-20)29(27-7-5-4-6-26(27)28(31)30(29)3)23-14-18-25(19-15-23)32-24-16-10-21(2)11-17-24;4*1-2/h4-19H,1-3H3;4*1-2H3. The molecule has 0 aliphatic carbocycles. The van der Waals surface area contributed by atoms with Crippen LogP contribution in [-0.2, 0) is 5.54 Å². The molecular formula is C37H49NO2. The van der Waals surface area contributed by atoms with E-state index in [-0.39, 0.29) is 5.91 Å². The summed E-state index contributed by atoms with van der Waals surface area (Å²) < 4.78 is 6.04. The van der Waals surface area contributed by atoms with E-state index in [1.165, 1.54) is 11.1 Å². The van der Waals surface area contributed by atoms with E-state index < -0.39 is 5.54 Å². The second-order valence-corrected chi connectivity index (χ2v) is 8.43. The molecule has 4 aromatic carbocycles. The Bertz CT molecular complexity index is 1280. The van der Waals surface area contributed by atoms with E-state index in [0.717, 1.165) is 33.8 Å². The van der Waals surface area contributed by atoms with Gasteiger partial charge in [0.15, 0.2) is 0 Å². The number of nitrogens with zero attached hydrogens (tertiary/aromatic N) is 1. The number of fused-ring (bicyclic) bond motifs is 1. The first-order valence-corrected chi connectivity index (χ1v) is 14.8. The van der Waals surface area contributed by atoms with Gasteiger partial charge in [-0.25, -0.2) is 0 Å². The minimum absolute atomic E-state index is 0.0288. The fourth-order valence-corrected chi connectivity index (χ4v) is 4.67. The van der Waals surface area contributed by atoms with Crippen molar-refractivity contribution in [1.29, 1.82) is 0 Å². The van der Waals surface area contributed by atoms with Gasteiger partial charge in [-0.15, -0.1) is 0 Å². The predicted molar refractivity (Wildman–Crippen MR) is 173 cm³/mol. The molecule has 0 aromatic heterocycles. The Labute approximate surface area is 243 Å². The number of carbonyl (C=O) groups is 1. The highest BCUT2D eigenvalue weighted by Crippen LogP contribution is 2.48. The van der Waals surface area contributed by atoms with Crippen molar-refractivity contribution in [2.24, 2.45) is 0 Å². The first kappa shape index (κ1) is 34.2. The van der Waals surface area contributed by atoms with Gasteiger partial charge < -0.3 is 9.64 Å². The lowest BCUT2D eigenvalue weighted by Crippen LogP contribution is -2.43. The number of amides is 1. The molecule has 1 atom stereocenters. The smallest absolute Gasteiger partial charge is 0.255 e. The van der Waals surface area contributed by atoms with Gasteiger partial charge in [0.05, 0.1) is 0 Å². The zero-order chi connectivity index (χ0) is 30.3. The maximum atomic E-state index is 13.3. The van der Waals surface area contributed by atoms with E-state index >= 15 is 0 Å². The topological polar surface area (TPSA) is 29.5 Å². The molecule has 0 fully saturated rings. The molecule has 0 radical (unpaired) electrons. The number of aryl methyl sites for hydroxylation is 2. The van der Waals surface area contributed by atoms with Crippen molar-refractivity contribution in [2.45, 2.75) is 74.8 Å². The number of hydrogen-bond donors (Lipinski definition) is 0. The van der Waals surface area contributed by atoms with Gasteiger partial charge in [-0.2, -0.15) is 0 Å². The molecule has 1 aliphatic heterocycles. The Kier molecular flexibility index (Phi) is 14.5. The summed E-state index contributed by atoms with van der Waals surface area (Å²) in [6, 6.07) is 32.4. The molecule has 214 valence electrons. The fourth-order valence-electron chi connectivity index (χ4n) is 4.67. The minimum atomic E-state index is -0.691. The average Bonchev–Trinajstić information content (AvgIpc) is 3.26. The summed E-state index contributed by atoms with van der Waals surface area (Å²) in [5.74, 6) is 1.59. The molecule has 1 heterocycles. The van der Waals surface area contributed by atoms with Crippen molar-refractivity contribution in [3.05, 3.63) is 130 Å². The van der Waals surface area contributed by atoms with Crippen LogP contribution in [-0.4, -0.2) is 17.9 Å². The summed E-state index contributed by atoms with van der Waals surface area (Å²) in [6.45, 7) is 20.1. The van der Waals surface area contributed by atoms with Crippen LogP contribution in [0.2, 0.25) is 0 Å². The van der Waals surface area contributed by atoms with Crippen LogP contribution in [0.1, 0.15) is 93.6 Å². The van der Waals surface area contributed by atoms with Crippen molar-refractivity contribution in [1.82, 2.24) is 4.90 Å². The highest BCUT2D eigenvalue weighted by molar-refractivity contribution is 6.01. The van der Waals surface area contributed by atoms with Gasteiger partial charge in [-0.3, -0.25) is 4.79 Å². The normalized spacial score (nSPS) is 14.5. The van der Waals surface area contributed by atoms with E-state index in [9.17, 15) is 4.79 Å². The zero-order valence-corrected chi connectivity index (χ0v) is 26.5. The van der Waals surface area contributed by atoms with E-state index in [2.05, 4.69) is 56.3 Å². The van der Waals surface area contributed by atoms with Gasteiger partial charge in [0.25, 0.3) is 5.91 Å². The highest BCUT2D eigenvalue weighted by atomic mass is 16.5. The predicted octanol–water partition coefficient (Wildman–Crippen LogP) is 10.6. The Balaban J connectivity index is 0.000000921. The maximum Gasteiger partial charge on any atom is 0.255 e. The first-order chi connectivity index (χ1) is 19.5. The third-order valence-electron chi connectivity index (χ3n) is 6.35. The molecule has 3 nitrogen and oxygen atoms in total. The number of ether oxygens (including phenoxy) is 1. The maximum absolute atomic E-state index is 13.3. The van der Waals surface area contributed by atoms with Gasteiger partial charge in [0, 0.05) is 12.6 Å². The summed E-state index contributed by atoms with van der Waals surface area (Å²) in [6.07, 6.45) is 0. The van der Waals surface area contributed by atoms with Crippen LogP contribution < -0.4 is 4.74 Å². The third-order valence-corrected chi connectivity index (χ3v) is 6.35. The molecule has 0 saturated heterocycles. The average molecular weight is 540 g/mol. The van der Waals surface area contributed by atoms with E-state index in [4.69, 9.17) is 4.74 Å². The minimum Gasteiger partial charge on any atom is -0.457 e. The number of benzene rings is 4. The van der Waals surface area contributed by atoms with Crippen LogP contribution in [0.3, 0.4) is 0 Å². The molecule has 1 unspecified atom stereocenters. The molecule has 0 spiro atoms. The Hall–Kier alpha value is -3.85. The Morgan fingerprint density at radius 2 is 0.925 bits per heavy atom. The molecule has 0 N–H and O–H groups in total. The number of hydrogen-bond acceptors (Lipinski definition) is 2. The monoisotopic (exact) mass is 539 g/mol. The lowest BCUT2D eigenvalue weighted by atomic mass is 9.77. The summed E-state index contributed by atoms with van der Waals surface area (Å²) in [7, 11) is 1.89. The molecule has 5 rings (SSSR count). The molecular weight excluding hydrogens is 490 g/mol. The lowest BCUT2D eigenvalue weighted by molar-refractivity contribution is 0.0736. The van der Waals surface area contributed by atoms with Gasteiger partial charge in [0.1, 0.15) is 17.0 Å². The second-order valence-electron chi connectivity index (χ2n) is 8.43. The SMILES string of the molecule is CC.CC.CC.CC.Cc1ccc(Oc2ccc(C3(c4ccc(C)cc4)c4ccccc4C(=O)N3C)cc2)cc1. The molecule has 0 saturated carbocycles. The summed E-state index contributed by atoms with van der Waals surface area (Å²) >= 11 is 0. The second kappa shape index (κ2) is 17.0. The van der Waals surface area contributed by atoms with Gasteiger partial charge in [-0.05, 0) is 60.9 Å². The van der Waals surface area contributed by atoms with Crippen LogP contribution in [0.4, 0.5) is 0 Å². The van der Waals surface area contributed by atoms with Crippen molar-refractivity contribution in [3.8, 4) is 11.5 Å². The highest BCUT2D eigenvalue weighted by Gasteiger charge is 2.50. The van der Waals surface area contributed by atoms with Crippen molar-refractivity contribution < 1.29 is 9.53 Å². The Morgan fingerprint density at radius 1 is 0.550 bits per heavy atom. The zero-order valence-electron chi connectivity index (χ0n) is 26.5. The lowest BCUT2D eigenvalue weighted by Gasteiger charge is -2.38. The van der Waals surface area contributed by atoms with E-state index in [1.54, 1.807) is 0 Å². The van der Waals surface area contributed by atoms with Gasteiger partial charge in [-0.1, -0.05) is 133 Å². The Morgan fingerprint density at radius 3 is 1.40 bits per heavy atom. The summed E-state index contributed by atoms with van der Waals surface area (Å²) in [5.41, 5.74) is 5.53. The number of carbonyl (C=O) groups excluding carboxylic acids is 1. The molecule has 3 heteroatoms. The molecule has 1 aliphatic rings. The van der Waals surface area contributed by atoms with E-state index in [0.29, 0.717) is 0 Å². The molecule has 4 aromatic rings. The van der Waals surface area contributed by atoms with Crippen LogP contribution in [0, 0.1) is 13.8 Å². The van der Waals surface area contributed by atoms with E-state index in [1.807, 2.05) is 122 Å². The molecule has 1 amide bonds. The van der Waals surface area contributed by atoms with Gasteiger partial charge in [0.2, 0.25) is 0 Å². The quantitative estimate of drug-likeness (QED) is 0.258. The van der Waals surface area contributed by atoms with Crippen molar-refractivity contribution in [2.75, 3.05) is 7.05 Å². The molecule has 40 heavy (non-hydrogen) atoms. The van der Waals surface area contributed by atoms with Crippen LogP contribution in [0.15, 0.2) is 97.1 Å². The van der Waals surface area contributed by atoms with Crippen LogP contribution in [0.5, 0.6) is 11.5 Å². The van der Waals surface area contributed by atoms with Crippen molar-refractivity contribution >= 4 is 5.91 Å². The largest absolute Gasteiger partial charge is 0.457 e. The molecule has 0 bridgehead atoms. The van der Waals surface area contributed by atoms with Crippen LogP contribution >= 0.6 is 0 Å². The van der Waals surface area contributed by atoms with Crippen molar-refractivity contribution in [3.63, 3.8) is 0 Å². The van der Waals surface area contributed by atoms with Crippen LogP contribution in [0.25, 0.3) is 0 Å². The first-order valence-electron chi connectivity index (χ1n) is 14.8. The fraction of sp³-hybridized carbons (Fsp3) is 0.324. The number of rotatable bonds is 4.